The summed E-state index contributed by atoms with van der Waals surface area (Å²) in [5, 5.41) is 0.535. The molecule has 0 amide bonds. The third-order valence-corrected chi connectivity index (χ3v) is 5.00. The predicted molar refractivity (Wildman–Crippen MR) is 77.0 cm³/mol. The van der Waals surface area contributed by atoms with Gasteiger partial charge in [-0.1, -0.05) is 0 Å². The molecule has 19 heavy (non-hydrogen) atoms. The summed E-state index contributed by atoms with van der Waals surface area (Å²) in [6, 6.07) is 4.25. The van der Waals surface area contributed by atoms with Gasteiger partial charge < -0.3 is 4.57 Å². The Bertz CT molecular complexity index is 796. The molecular formula is C13H9FN2OS2. The average molecular weight is 292 g/mol. The van der Waals surface area contributed by atoms with Crippen molar-refractivity contribution in [3.05, 3.63) is 53.0 Å². The average Bonchev–Trinajstić information content (AvgIpc) is 2.91. The zero-order valence-corrected chi connectivity index (χ0v) is 11.6. The fourth-order valence-electron chi connectivity index (χ4n) is 1.89. The molecule has 2 heterocycles. The van der Waals surface area contributed by atoms with E-state index >= 15 is 0 Å². The van der Waals surface area contributed by atoms with E-state index in [0.717, 1.165) is 4.21 Å². The van der Waals surface area contributed by atoms with Gasteiger partial charge >= 0.3 is 0 Å². The van der Waals surface area contributed by atoms with E-state index in [9.17, 15) is 9.18 Å². The first-order chi connectivity index (χ1) is 9.20. The van der Waals surface area contributed by atoms with Gasteiger partial charge in [-0.25, -0.2) is 9.37 Å². The number of hydrogen-bond donors (Lipinski definition) is 0. The molecule has 0 radical (unpaired) electrons. The van der Waals surface area contributed by atoms with Crippen LogP contribution in [-0.2, 0) is 0 Å². The highest BCUT2D eigenvalue weighted by Gasteiger charge is 2.14. The molecule has 0 N–H and O–H groups in total. The van der Waals surface area contributed by atoms with Crippen LogP contribution in [0, 0.1) is 5.82 Å². The molecule has 0 saturated carbocycles. The molecule has 6 heteroatoms. The summed E-state index contributed by atoms with van der Waals surface area (Å²) in [5.74, 6) is -0.328. The summed E-state index contributed by atoms with van der Waals surface area (Å²) < 4.78 is 16.5. The zero-order chi connectivity index (χ0) is 13.4. The topological polar surface area (TPSA) is 34.9 Å². The molecule has 2 aromatic heterocycles. The van der Waals surface area contributed by atoms with E-state index < -0.39 is 0 Å². The Kier molecular flexibility index (Phi) is 3.12. The number of fused-ring (bicyclic) bond motifs is 1. The van der Waals surface area contributed by atoms with Crippen LogP contribution in [0.4, 0.5) is 4.39 Å². The Morgan fingerprint density at radius 1 is 1.42 bits per heavy atom. The third-order valence-electron chi connectivity index (χ3n) is 2.75. The summed E-state index contributed by atoms with van der Waals surface area (Å²) in [5.41, 5.74) is 0.477. The molecule has 0 fully saturated rings. The highest BCUT2D eigenvalue weighted by atomic mass is 32.2. The number of rotatable bonds is 2. The molecule has 0 atom stereocenters. The third kappa shape index (κ3) is 2.06. The Hall–Kier alpha value is -1.66. The molecule has 3 rings (SSSR count). The van der Waals surface area contributed by atoms with Crippen molar-refractivity contribution in [1.82, 2.24) is 9.55 Å². The van der Waals surface area contributed by atoms with Crippen molar-refractivity contribution in [2.45, 2.75) is 4.21 Å². The zero-order valence-electron chi connectivity index (χ0n) is 9.96. The first kappa shape index (κ1) is 12.4. The number of thioether (sulfide) groups is 1. The van der Waals surface area contributed by atoms with E-state index in [-0.39, 0.29) is 11.2 Å². The second kappa shape index (κ2) is 4.79. The molecule has 1 aromatic carbocycles. The second-order valence-corrected chi connectivity index (χ2v) is 6.01. The standard InChI is InChI=1S/C13H9FN2OS2/c1-18-13-11(16-5-4-15-7-16)12(17)9-3-2-8(14)6-10(9)19-13/h2-7H,1H3. The molecule has 0 aliphatic heterocycles. The highest BCUT2D eigenvalue weighted by Crippen LogP contribution is 2.31. The monoisotopic (exact) mass is 292 g/mol. The molecule has 0 spiro atoms. The van der Waals surface area contributed by atoms with Gasteiger partial charge in [0.15, 0.2) is 0 Å². The van der Waals surface area contributed by atoms with Gasteiger partial charge in [0.05, 0.1) is 10.5 Å². The van der Waals surface area contributed by atoms with E-state index in [1.807, 2.05) is 6.26 Å². The lowest BCUT2D eigenvalue weighted by Crippen LogP contribution is -2.11. The quantitative estimate of drug-likeness (QED) is 0.680. The summed E-state index contributed by atoms with van der Waals surface area (Å²) in [7, 11) is 0. The van der Waals surface area contributed by atoms with Crippen LogP contribution in [0.3, 0.4) is 0 Å². The summed E-state index contributed by atoms with van der Waals surface area (Å²) in [6.07, 6.45) is 6.86. The summed E-state index contributed by atoms with van der Waals surface area (Å²) >= 11 is 2.89. The van der Waals surface area contributed by atoms with Gasteiger partial charge in [0.2, 0.25) is 5.43 Å². The van der Waals surface area contributed by atoms with Crippen LogP contribution >= 0.6 is 23.1 Å². The van der Waals surface area contributed by atoms with E-state index in [1.54, 1.807) is 23.3 Å². The predicted octanol–water partition coefficient (Wildman–Crippen LogP) is 3.31. The molecule has 3 nitrogen and oxygen atoms in total. The number of imidazole rings is 1. The van der Waals surface area contributed by atoms with Crippen molar-refractivity contribution in [2.24, 2.45) is 0 Å². The Morgan fingerprint density at radius 3 is 2.95 bits per heavy atom. The van der Waals surface area contributed by atoms with Crippen LogP contribution in [-0.4, -0.2) is 15.8 Å². The summed E-state index contributed by atoms with van der Waals surface area (Å²) in [6.45, 7) is 0. The van der Waals surface area contributed by atoms with Crippen molar-refractivity contribution < 1.29 is 4.39 Å². The fourth-order valence-corrected chi connectivity index (χ4v) is 3.82. The minimum absolute atomic E-state index is 0.101. The van der Waals surface area contributed by atoms with Crippen LogP contribution in [0.2, 0.25) is 0 Å². The van der Waals surface area contributed by atoms with Gasteiger partial charge in [-0.05, 0) is 24.5 Å². The van der Waals surface area contributed by atoms with Crippen molar-refractivity contribution >= 4 is 33.2 Å². The highest BCUT2D eigenvalue weighted by molar-refractivity contribution is 8.00. The van der Waals surface area contributed by atoms with Crippen LogP contribution < -0.4 is 5.43 Å². The molecule has 0 unspecified atom stereocenters. The van der Waals surface area contributed by atoms with Crippen molar-refractivity contribution in [3.63, 3.8) is 0 Å². The maximum Gasteiger partial charge on any atom is 0.213 e. The molecule has 0 saturated heterocycles. The Labute approximate surface area is 116 Å². The van der Waals surface area contributed by atoms with E-state index in [2.05, 4.69) is 4.98 Å². The van der Waals surface area contributed by atoms with Gasteiger partial charge in [0, 0.05) is 22.5 Å². The number of aromatic nitrogens is 2. The smallest absolute Gasteiger partial charge is 0.213 e. The van der Waals surface area contributed by atoms with Gasteiger partial charge in [-0.3, -0.25) is 4.79 Å². The Balaban J connectivity index is 2.42. The SMILES string of the molecule is CSc1sc2cc(F)ccc2c(=O)c1-n1ccnc1. The van der Waals surface area contributed by atoms with Gasteiger partial charge in [-0.15, -0.1) is 23.1 Å². The van der Waals surface area contributed by atoms with Gasteiger partial charge in [-0.2, -0.15) is 0 Å². The van der Waals surface area contributed by atoms with Crippen LogP contribution in [0.25, 0.3) is 15.8 Å². The first-order valence-electron chi connectivity index (χ1n) is 5.49. The molecule has 3 aromatic rings. The van der Waals surface area contributed by atoms with Crippen molar-refractivity contribution in [1.29, 1.82) is 0 Å². The molecule has 0 aliphatic carbocycles. The van der Waals surface area contributed by atoms with E-state index in [1.165, 1.54) is 41.3 Å². The Morgan fingerprint density at radius 2 is 2.26 bits per heavy atom. The maximum absolute atomic E-state index is 13.3. The summed E-state index contributed by atoms with van der Waals surface area (Å²) in [4.78, 5) is 16.5. The first-order valence-corrected chi connectivity index (χ1v) is 7.53. The van der Waals surface area contributed by atoms with E-state index in [4.69, 9.17) is 0 Å². The van der Waals surface area contributed by atoms with Gasteiger partial charge in [0.25, 0.3) is 0 Å². The lowest BCUT2D eigenvalue weighted by atomic mass is 10.2. The van der Waals surface area contributed by atoms with Crippen LogP contribution in [0.5, 0.6) is 0 Å². The molecular weight excluding hydrogens is 283 g/mol. The normalized spacial score (nSPS) is 11.1. The second-order valence-electron chi connectivity index (χ2n) is 3.88. The molecule has 0 aliphatic rings. The molecule has 96 valence electrons. The fraction of sp³-hybridized carbons (Fsp3) is 0.0769. The van der Waals surface area contributed by atoms with E-state index in [0.29, 0.717) is 15.8 Å². The number of halogens is 1. The minimum Gasteiger partial charge on any atom is -0.301 e. The van der Waals surface area contributed by atoms with Gasteiger partial charge in [0.1, 0.15) is 11.5 Å². The maximum atomic E-state index is 13.3. The van der Waals surface area contributed by atoms with Crippen molar-refractivity contribution in [2.75, 3.05) is 6.26 Å². The lowest BCUT2D eigenvalue weighted by Gasteiger charge is -2.08. The number of hydrogen-bond acceptors (Lipinski definition) is 4. The number of nitrogens with zero attached hydrogens (tertiary/aromatic N) is 2. The lowest BCUT2D eigenvalue weighted by molar-refractivity contribution is 0.630. The minimum atomic E-state index is -0.328. The van der Waals surface area contributed by atoms with Crippen LogP contribution in [0.15, 0.2) is 45.9 Å². The van der Waals surface area contributed by atoms with Crippen LogP contribution in [0.1, 0.15) is 0 Å². The largest absolute Gasteiger partial charge is 0.301 e. The number of benzene rings is 1. The molecule has 0 bridgehead atoms. The van der Waals surface area contributed by atoms with Crippen molar-refractivity contribution in [3.8, 4) is 5.69 Å².